The molecule has 8 nitrogen and oxygen atoms in total. The van der Waals surface area contributed by atoms with Crippen LogP contribution < -0.4 is 5.32 Å². The molecule has 4 rings (SSSR count). The lowest BCUT2D eigenvalue weighted by molar-refractivity contribution is 0.0594. The van der Waals surface area contributed by atoms with Crippen molar-refractivity contribution in [2.45, 2.75) is 0 Å². The zero-order chi connectivity index (χ0) is 19.8. The van der Waals surface area contributed by atoms with Gasteiger partial charge in [-0.2, -0.15) is 0 Å². The van der Waals surface area contributed by atoms with Crippen molar-refractivity contribution in [1.29, 1.82) is 0 Å². The Labute approximate surface area is 165 Å². The van der Waals surface area contributed by atoms with Crippen molar-refractivity contribution in [2.75, 3.05) is 12.4 Å². The van der Waals surface area contributed by atoms with Gasteiger partial charge < -0.3 is 19.7 Å². The Morgan fingerprint density at radius 3 is 2.89 bits per heavy atom. The fraction of sp³-hybridized carbons (Fsp3) is 0.0588. The maximum Gasteiger partial charge on any atom is 0.354 e. The van der Waals surface area contributed by atoms with E-state index in [4.69, 9.17) is 12.2 Å². The van der Waals surface area contributed by atoms with E-state index in [1.54, 1.807) is 17.6 Å². The topological polar surface area (TPSA) is 116 Å². The molecule has 3 heterocycles. The highest BCUT2D eigenvalue weighted by molar-refractivity contribution is 7.71. The summed E-state index contributed by atoms with van der Waals surface area (Å²) in [6.07, 6.45) is 1.61. The zero-order valence-corrected chi connectivity index (χ0v) is 15.9. The van der Waals surface area contributed by atoms with Gasteiger partial charge in [-0.05, 0) is 30.4 Å². The maximum absolute atomic E-state index is 13.8. The molecule has 3 aromatic heterocycles. The van der Waals surface area contributed by atoms with E-state index < -0.39 is 17.7 Å². The van der Waals surface area contributed by atoms with Gasteiger partial charge >= 0.3 is 5.97 Å². The van der Waals surface area contributed by atoms with Crippen LogP contribution in [-0.2, 0) is 4.74 Å². The Hall–Kier alpha value is -3.31. The number of benzene rings is 1. The van der Waals surface area contributed by atoms with Crippen LogP contribution in [0.3, 0.4) is 0 Å². The number of thiazole rings is 1. The first-order valence-electron chi connectivity index (χ1n) is 7.90. The quantitative estimate of drug-likeness (QED) is 0.297. The third-order valence-electron chi connectivity index (χ3n) is 3.94. The van der Waals surface area contributed by atoms with E-state index in [0.717, 1.165) is 6.07 Å². The van der Waals surface area contributed by atoms with Crippen LogP contribution in [0.15, 0.2) is 29.8 Å². The number of carbonyl (C=O) groups excluding carboxylic acids is 2. The highest BCUT2D eigenvalue weighted by Gasteiger charge is 2.17. The predicted molar refractivity (Wildman–Crippen MR) is 105 cm³/mol. The summed E-state index contributed by atoms with van der Waals surface area (Å²) >= 11 is 6.21. The number of hydrogen-bond acceptors (Lipinski definition) is 6. The molecule has 4 aromatic rings. The standard InChI is InChI=1S/C17H12FN5O3S2/c1-26-15(25)11-2-7(5-19-11)12-6-28-17(21-12)23-14(24)9-3-8(18)4-10-13(9)22-16(27)20-10/h2-6,19H,1H3,(H2,20,22,27)(H,21,23,24). The van der Waals surface area contributed by atoms with E-state index in [2.05, 4.69) is 30.0 Å². The number of ether oxygens (including phenoxy) is 1. The second-order valence-electron chi connectivity index (χ2n) is 5.74. The van der Waals surface area contributed by atoms with Crippen LogP contribution >= 0.6 is 23.6 Å². The number of aromatic amines is 3. The largest absolute Gasteiger partial charge is 0.464 e. The smallest absolute Gasteiger partial charge is 0.354 e. The van der Waals surface area contributed by atoms with Crippen LogP contribution in [-0.4, -0.2) is 38.9 Å². The summed E-state index contributed by atoms with van der Waals surface area (Å²) in [6.45, 7) is 0. The van der Waals surface area contributed by atoms with Crippen molar-refractivity contribution in [3.63, 3.8) is 0 Å². The van der Waals surface area contributed by atoms with E-state index in [-0.39, 0.29) is 5.56 Å². The first-order valence-corrected chi connectivity index (χ1v) is 9.19. The molecule has 0 aliphatic carbocycles. The summed E-state index contributed by atoms with van der Waals surface area (Å²) in [5.74, 6) is -1.58. The fourth-order valence-electron chi connectivity index (χ4n) is 2.68. The van der Waals surface area contributed by atoms with Crippen LogP contribution in [0, 0.1) is 10.6 Å². The molecular formula is C17H12FN5O3S2. The molecule has 0 radical (unpaired) electrons. The van der Waals surface area contributed by atoms with E-state index in [9.17, 15) is 14.0 Å². The van der Waals surface area contributed by atoms with E-state index in [1.807, 2.05) is 0 Å². The lowest BCUT2D eigenvalue weighted by atomic mass is 10.1. The number of nitrogens with one attached hydrogen (secondary N) is 4. The van der Waals surface area contributed by atoms with Crippen molar-refractivity contribution in [3.8, 4) is 11.3 Å². The molecule has 0 spiro atoms. The van der Waals surface area contributed by atoms with E-state index in [1.165, 1.54) is 24.5 Å². The van der Waals surface area contributed by atoms with Crippen molar-refractivity contribution >= 4 is 51.6 Å². The molecule has 0 bridgehead atoms. The highest BCUT2D eigenvalue weighted by Crippen LogP contribution is 2.27. The van der Waals surface area contributed by atoms with Gasteiger partial charge in [0.2, 0.25) is 0 Å². The van der Waals surface area contributed by atoms with Crippen LogP contribution in [0.25, 0.3) is 22.3 Å². The number of methoxy groups -OCH3 is 1. The summed E-state index contributed by atoms with van der Waals surface area (Å²) in [7, 11) is 1.29. The second kappa shape index (κ2) is 7.02. The molecule has 0 saturated carbocycles. The summed E-state index contributed by atoms with van der Waals surface area (Å²) in [6, 6.07) is 3.98. The van der Waals surface area contributed by atoms with Gasteiger partial charge in [0.25, 0.3) is 5.91 Å². The van der Waals surface area contributed by atoms with Crippen molar-refractivity contribution in [1.82, 2.24) is 19.9 Å². The average Bonchev–Trinajstić information content (AvgIpc) is 3.38. The summed E-state index contributed by atoms with van der Waals surface area (Å²) < 4.78 is 18.8. The molecule has 0 fully saturated rings. The highest BCUT2D eigenvalue weighted by atomic mass is 32.1. The first-order chi connectivity index (χ1) is 13.4. The molecular weight excluding hydrogens is 405 g/mol. The second-order valence-corrected chi connectivity index (χ2v) is 7.01. The predicted octanol–water partition coefficient (Wildman–Crippen LogP) is 3.86. The van der Waals surface area contributed by atoms with Gasteiger partial charge in [-0.3, -0.25) is 10.1 Å². The van der Waals surface area contributed by atoms with Gasteiger partial charge in [0, 0.05) is 17.1 Å². The van der Waals surface area contributed by atoms with Gasteiger partial charge in [0.05, 0.1) is 29.4 Å². The minimum Gasteiger partial charge on any atom is -0.464 e. The number of imidazole rings is 1. The molecule has 0 aliphatic rings. The Kier molecular flexibility index (Phi) is 4.53. The van der Waals surface area contributed by atoms with Crippen LogP contribution in [0.2, 0.25) is 0 Å². The monoisotopic (exact) mass is 417 g/mol. The van der Waals surface area contributed by atoms with E-state index >= 15 is 0 Å². The van der Waals surface area contributed by atoms with Crippen molar-refractivity contribution < 1.29 is 18.7 Å². The number of anilines is 1. The molecule has 0 aliphatic heterocycles. The summed E-state index contributed by atoms with van der Waals surface area (Å²) in [5, 5.41) is 4.70. The van der Waals surface area contributed by atoms with Crippen LogP contribution in [0.5, 0.6) is 0 Å². The number of amides is 1. The molecule has 1 aromatic carbocycles. The number of nitrogens with zero attached hydrogens (tertiary/aromatic N) is 1. The Morgan fingerprint density at radius 2 is 2.11 bits per heavy atom. The van der Waals surface area contributed by atoms with Crippen molar-refractivity contribution in [2.24, 2.45) is 0 Å². The molecule has 11 heteroatoms. The Bertz CT molecular complexity index is 1270. The first kappa shape index (κ1) is 18.1. The molecule has 28 heavy (non-hydrogen) atoms. The lowest BCUT2D eigenvalue weighted by Gasteiger charge is -2.03. The van der Waals surface area contributed by atoms with Gasteiger partial charge in [0.1, 0.15) is 11.5 Å². The number of H-pyrrole nitrogens is 3. The van der Waals surface area contributed by atoms with Gasteiger partial charge in [-0.15, -0.1) is 11.3 Å². The summed E-state index contributed by atoms with van der Waals surface area (Å²) in [4.78, 5) is 36.9. The minimum atomic E-state index is -0.564. The number of hydrogen-bond donors (Lipinski definition) is 4. The van der Waals surface area contributed by atoms with Gasteiger partial charge in [-0.25, -0.2) is 14.2 Å². The van der Waals surface area contributed by atoms with Crippen LogP contribution in [0.4, 0.5) is 9.52 Å². The number of esters is 1. The maximum atomic E-state index is 13.8. The van der Waals surface area contributed by atoms with Gasteiger partial charge in [0.15, 0.2) is 9.90 Å². The molecule has 0 atom stereocenters. The number of rotatable bonds is 4. The number of aromatic nitrogens is 4. The van der Waals surface area contributed by atoms with Crippen LogP contribution in [0.1, 0.15) is 20.8 Å². The molecule has 0 saturated heterocycles. The summed E-state index contributed by atoms with van der Waals surface area (Å²) in [5.41, 5.74) is 2.44. The normalized spacial score (nSPS) is 10.9. The minimum absolute atomic E-state index is 0.105. The average molecular weight is 417 g/mol. The fourth-order valence-corrected chi connectivity index (χ4v) is 3.61. The number of fused-ring (bicyclic) bond motifs is 1. The lowest BCUT2D eigenvalue weighted by Crippen LogP contribution is -2.12. The molecule has 142 valence electrons. The number of carbonyl (C=O) groups is 2. The Balaban J connectivity index is 1.59. The van der Waals surface area contributed by atoms with Crippen molar-refractivity contribution in [3.05, 3.63) is 51.6 Å². The third-order valence-corrected chi connectivity index (χ3v) is 4.91. The molecule has 1 amide bonds. The Morgan fingerprint density at radius 1 is 1.29 bits per heavy atom. The van der Waals surface area contributed by atoms with Gasteiger partial charge in [-0.1, -0.05) is 0 Å². The third kappa shape index (κ3) is 3.32. The van der Waals surface area contributed by atoms with E-state index in [0.29, 0.717) is 37.9 Å². The molecule has 0 unspecified atom stereocenters. The zero-order valence-electron chi connectivity index (χ0n) is 14.3. The molecule has 4 N–H and O–H groups in total. The number of halogens is 1. The SMILES string of the molecule is COC(=O)c1cc(-c2csc(NC(=O)c3cc(F)cc4[nH]c(=S)[nH]c34)n2)c[nH]1.